The molecule has 0 amide bonds. The fraction of sp³-hybridized carbons (Fsp3) is 0.286. The maximum absolute atomic E-state index is 5.96. The molecular weight excluding hydrogens is 392 g/mol. The molecule has 3 heterocycles. The molecule has 7 heteroatoms. The lowest BCUT2D eigenvalue weighted by atomic mass is 10.0. The van der Waals surface area contributed by atoms with E-state index in [-0.39, 0.29) is 0 Å². The number of benzene rings is 2. The number of para-hydroxylation sites is 1. The summed E-state index contributed by atoms with van der Waals surface area (Å²) in [5, 5.41) is 10.4. The highest BCUT2D eigenvalue weighted by Crippen LogP contribution is 2.29. The number of hydrogen-bond acceptors (Lipinski definition) is 5. The van der Waals surface area contributed by atoms with Gasteiger partial charge in [0, 0.05) is 17.0 Å². The maximum Gasteiger partial charge on any atom is 0.271 e. The van der Waals surface area contributed by atoms with E-state index < -0.39 is 0 Å². The highest BCUT2D eigenvalue weighted by Gasteiger charge is 2.31. The first-order chi connectivity index (χ1) is 13.8. The molecule has 0 spiro atoms. The topological polar surface area (TPSA) is 56.2 Å². The molecule has 2 atom stereocenters. The van der Waals surface area contributed by atoms with E-state index in [4.69, 9.17) is 21.0 Å². The SMILES string of the molecule is Clc1ccc(-c2nnc(C[NH+]3CCCC[C@@H]3c3nc4ccccc4s3)o2)cc1. The number of hydrogen-bond donors (Lipinski definition) is 1. The van der Waals surface area contributed by atoms with Crippen LogP contribution in [0.25, 0.3) is 21.7 Å². The molecule has 5 rings (SSSR count). The fourth-order valence-corrected chi connectivity index (χ4v) is 5.14. The molecule has 1 N–H and O–H groups in total. The van der Waals surface area contributed by atoms with E-state index in [1.165, 1.54) is 27.4 Å². The zero-order valence-corrected chi connectivity index (χ0v) is 16.8. The molecule has 142 valence electrons. The number of rotatable bonds is 4. The zero-order chi connectivity index (χ0) is 18.9. The largest absolute Gasteiger partial charge is 0.415 e. The van der Waals surface area contributed by atoms with Gasteiger partial charge in [0.05, 0.1) is 16.8 Å². The van der Waals surface area contributed by atoms with Gasteiger partial charge in [-0.2, -0.15) is 0 Å². The fourth-order valence-electron chi connectivity index (χ4n) is 3.86. The first-order valence-electron chi connectivity index (χ1n) is 9.54. The van der Waals surface area contributed by atoms with Crippen molar-refractivity contribution in [3.8, 4) is 11.5 Å². The van der Waals surface area contributed by atoms with Gasteiger partial charge in [-0.05, 0) is 49.2 Å². The van der Waals surface area contributed by atoms with Gasteiger partial charge in [0.2, 0.25) is 5.89 Å². The highest BCUT2D eigenvalue weighted by atomic mass is 35.5. The quantitative estimate of drug-likeness (QED) is 0.543. The van der Waals surface area contributed by atoms with Gasteiger partial charge < -0.3 is 9.32 Å². The third kappa shape index (κ3) is 3.55. The van der Waals surface area contributed by atoms with E-state index in [9.17, 15) is 0 Å². The molecule has 2 aromatic heterocycles. The van der Waals surface area contributed by atoms with Crippen molar-refractivity contribution in [2.45, 2.75) is 31.8 Å². The van der Waals surface area contributed by atoms with Crippen LogP contribution < -0.4 is 4.90 Å². The Morgan fingerprint density at radius 2 is 1.93 bits per heavy atom. The van der Waals surface area contributed by atoms with E-state index in [1.54, 1.807) is 0 Å². The number of aromatic nitrogens is 3. The van der Waals surface area contributed by atoms with Crippen molar-refractivity contribution in [3.05, 3.63) is 64.5 Å². The van der Waals surface area contributed by atoms with Gasteiger partial charge in [0.1, 0.15) is 6.04 Å². The average molecular weight is 412 g/mol. The standard InChI is InChI=1S/C21H19ClN4OS/c22-15-10-8-14(9-11-15)20-25-24-19(27-20)13-26-12-4-3-6-17(26)21-23-16-5-1-2-7-18(16)28-21/h1-2,5,7-11,17H,3-4,6,12-13H2/p+1/t17-/m1/s1. The molecule has 5 nitrogen and oxygen atoms in total. The summed E-state index contributed by atoms with van der Waals surface area (Å²) in [5.74, 6) is 1.22. The number of halogens is 1. The number of thiazole rings is 1. The molecule has 1 saturated heterocycles. The van der Waals surface area contributed by atoms with Crippen LogP contribution in [-0.4, -0.2) is 21.7 Å². The molecule has 1 aliphatic rings. The van der Waals surface area contributed by atoms with Crippen LogP contribution in [0.1, 0.15) is 36.2 Å². The molecular formula is C21H20ClN4OS+. The number of nitrogens with zero attached hydrogens (tertiary/aromatic N) is 3. The summed E-state index contributed by atoms with van der Waals surface area (Å²) in [7, 11) is 0. The molecule has 1 aliphatic heterocycles. The lowest BCUT2D eigenvalue weighted by Gasteiger charge is -2.30. The summed E-state index contributed by atoms with van der Waals surface area (Å²) < 4.78 is 7.21. The molecule has 0 bridgehead atoms. The van der Waals surface area contributed by atoms with Crippen molar-refractivity contribution in [1.29, 1.82) is 0 Å². The van der Waals surface area contributed by atoms with E-state index >= 15 is 0 Å². The van der Waals surface area contributed by atoms with E-state index in [0.29, 0.717) is 22.8 Å². The monoisotopic (exact) mass is 411 g/mol. The molecule has 0 saturated carbocycles. The smallest absolute Gasteiger partial charge is 0.271 e. The second-order valence-electron chi connectivity index (χ2n) is 7.16. The Morgan fingerprint density at radius 1 is 1.07 bits per heavy atom. The van der Waals surface area contributed by atoms with Crippen LogP contribution in [0.15, 0.2) is 52.9 Å². The van der Waals surface area contributed by atoms with Crippen LogP contribution >= 0.6 is 22.9 Å². The van der Waals surface area contributed by atoms with E-state index in [2.05, 4.69) is 28.4 Å². The van der Waals surface area contributed by atoms with Crippen molar-refractivity contribution < 1.29 is 9.32 Å². The third-order valence-electron chi connectivity index (χ3n) is 5.28. The zero-order valence-electron chi connectivity index (χ0n) is 15.3. The lowest BCUT2D eigenvalue weighted by molar-refractivity contribution is -0.951. The summed E-state index contributed by atoms with van der Waals surface area (Å²) in [4.78, 5) is 6.36. The predicted octanol–water partition coefficient (Wildman–Crippen LogP) is 4.31. The van der Waals surface area contributed by atoms with Crippen molar-refractivity contribution in [1.82, 2.24) is 15.2 Å². The Morgan fingerprint density at radius 3 is 2.79 bits per heavy atom. The maximum atomic E-state index is 5.96. The molecule has 1 unspecified atom stereocenters. The lowest BCUT2D eigenvalue weighted by Crippen LogP contribution is -3.11. The minimum Gasteiger partial charge on any atom is -0.415 e. The second kappa shape index (κ2) is 7.62. The van der Waals surface area contributed by atoms with E-state index in [1.807, 2.05) is 41.7 Å². The van der Waals surface area contributed by atoms with Gasteiger partial charge in [0.25, 0.3) is 5.89 Å². The normalized spacial score (nSPS) is 19.9. The third-order valence-corrected chi connectivity index (χ3v) is 6.68. The first-order valence-corrected chi connectivity index (χ1v) is 10.7. The summed E-state index contributed by atoms with van der Waals surface area (Å²) in [6, 6.07) is 16.2. The van der Waals surface area contributed by atoms with Crippen molar-refractivity contribution in [3.63, 3.8) is 0 Å². The van der Waals surface area contributed by atoms with Crippen molar-refractivity contribution in [2.75, 3.05) is 6.54 Å². The highest BCUT2D eigenvalue weighted by molar-refractivity contribution is 7.18. The molecule has 0 radical (unpaired) electrons. The summed E-state index contributed by atoms with van der Waals surface area (Å²) in [6.45, 7) is 1.82. The van der Waals surface area contributed by atoms with Crippen LogP contribution in [0.4, 0.5) is 0 Å². The van der Waals surface area contributed by atoms with Gasteiger partial charge in [0.15, 0.2) is 11.6 Å². The predicted molar refractivity (Wildman–Crippen MR) is 110 cm³/mol. The molecule has 1 fully saturated rings. The van der Waals surface area contributed by atoms with Crippen LogP contribution in [0, 0.1) is 0 Å². The van der Waals surface area contributed by atoms with Crippen LogP contribution in [0.3, 0.4) is 0 Å². The Labute approximate surface area is 172 Å². The van der Waals surface area contributed by atoms with Gasteiger partial charge in [-0.25, -0.2) is 4.98 Å². The summed E-state index contributed by atoms with van der Waals surface area (Å²) in [5.41, 5.74) is 1.98. The Balaban J connectivity index is 1.38. The van der Waals surface area contributed by atoms with Crippen LogP contribution in [0.2, 0.25) is 5.02 Å². The van der Waals surface area contributed by atoms with Gasteiger partial charge >= 0.3 is 0 Å². The minimum atomic E-state index is 0.386. The van der Waals surface area contributed by atoms with Crippen LogP contribution in [0.5, 0.6) is 0 Å². The van der Waals surface area contributed by atoms with Crippen molar-refractivity contribution in [2.24, 2.45) is 0 Å². The molecule has 4 aromatic rings. The number of nitrogens with one attached hydrogen (secondary N) is 1. The van der Waals surface area contributed by atoms with Gasteiger partial charge in [-0.3, -0.25) is 0 Å². The second-order valence-corrected chi connectivity index (χ2v) is 8.66. The molecule has 28 heavy (non-hydrogen) atoms. The number of quaternary nitrogens is 1. The minimum absolute atomic E-state index is 0.386. The number of likely N-dealkylation sites (tertiary alicyclic amines) is 1. The first kappa shape index (κ1) is 17.8. The summed E-state index contributed by atoms with van der Waals surface area (Å²) in [6.07, 6.45) is 3.60. The number of fused-ring (bicyclic) bond motifs is 1. The molecule has 2 aromatic carbocycles. The van der Waals surface area contributed by atoms with Gasteiger partial charge in [-0.15, -0.1) is 21.5 Å². The van der Waals surface area contributed by atoms with E-state index in [0.717, 1.165) is 30.6 Å². The van der Waals surface area contributed by atoms with Gasteiger partial charge in [-0.1, -0.05) is 23.7 Å². The average Bonchev–Trinajstić information content (AvgIpc) is 3.36. The van der Waals surface area contributed by atoms with Crippen molar-refractivity contribution >= 4 is 33.2 Å². The number of piperidine rings is 1. The Hall–Kier alpha value is -2.28. The van der Waals surface area contributed by atoms with Crippen LogP contribution in [-0.2, 0) is 6.54 Å². The summed E-state index contributed by atoms with van der Waals surface area (Å²) >= 11 is 7.77. The Kier molecular flexibility index (Phi) is 4.84. The molecule has 0 aliphatic carbocycles. The Bertz CT molecular complexity index is 1060.